The monoisotopic (exact) mass is 523 g/mol. The van der Waals surface area contributed by atoms with Crippen LogP contribution in [0.5, 0.6) is 0 Å². The number of aryl methyl sites for hydroxylation is 2. The van der Waals surface area contributed by atoms with Crippen molar-refractivity contribution >= 4 is 50.7 Å². The Kier molecular flexibility index (Phi) is 7.70. The average molecular weight is 524 g/mol. The summed E-state index contributed by atoms with van der Waals surface area (Å²) in [4.78, 5) is 28.1. The topological polar surface area (TPSA) is 86.8 Å². The number of hydrogen-bond acceptors (Lipinski definition) is 5. The van der Waals surface area contributed by atoms with Crippen molar-refractivity contribution in [2.24, 2.45) is 0 Å². The lowest BCUT2D eigenvalue weighted by atomic mass is 10.1. The lowest BCUT2D eigenvalue weighted by Crippen LogP contribution is -2.38. The molecule has 0 spiro atoms. The van der Waals surface area contributed by atoms with Gasteiger partial charge in [-0.2, -0.15) is 0 Å². The van der Waals surface area contributed by atoms with Gasteiger partial charge in [-0.25, -0.2) is 8.42 Å². The fourth-order valence-electron chi connectivity index (χ4n) is 4.11. The molecule has 1 fully saturated rings. The van der Waals surface area contributed by atoms with E-state index < -0.39 is 22.5 Å². The van der Waals surface area contributed by atoms with Crippen LogP contribution in [-0.2, 0) is 19.6 Å². The van der Waals surface area contributed by atoms with E-state index in [4.69, 9.17) is 0 Å². The Morgan fingerprint density at radius 1 is 1.03 bits per heavy atom. The quantitative estimate of drug-likeness (QED) is 0.421. The van der Waals surface area contributed by atoms with Crippen LogP contribution in [0.25, 0.3) is 0 Å². The first-order valence-electron chi connectivity index (χ1n) is 11.6. The summed E-state index contributed by atoms with van der Waals surface area (Å²) >= 11 is 1.52. The molecule has 0 aromatic heterocycles. The van der Waals surface area contributed by atoms with Crippen molar-refractivity contribution in [3.05, 3.63) is 77.9 Å². The van der Waals surface area contributed by atoms with Crippen molar-refractivity contribution in [3.8, 4) is 0 Å². The molecule has 2 amide bonds. The second-order valence-electron chi connectivity index (χ2n) is 8.72. The van der Waals surface area contributed by atoms with Gasteiger partial charge in [-0.1, -0.05) is 23.8 Å². The lowest BCUT2D eigenvalue weighted by molar-refractivity contribution is -0.117. The molecule has 4 rings (SSSR count). The first-order chi connectivity index (χ1) is 17.2. The number of rotatable bonds is 8. The number of amides is 2. The van der Waals surface area contributed by atoms with Gasteiger partial charge in [0.1, 0.15) is 6.54 Å². The molecule has 3 aromatic carbocycles. The van der Waals surface area contributed by atoms with Crippen LogP contribution < -0.4 is 14.5 Å². The molecule has 0 aliphatic carbocycles. The third-order valence-electron chi connectivity index (χ3n) is 6.11. The van der Waals surface area contributed by atoms with Crippen LogP contribution in [0.4, 0.5) is 17.1 Å². The van der Waals surface area contributed by atoms with Crippen LogP contribution in [0, 0.1) is 13.8 Å². The zero-order valence-electron chi connectivity index (χ0n) is 20.5. The molecule has 7 nitrogen and oxygen atoms in total. The van der Waals surface area contributed by atoms with Gasteiger partial charge >= 0.3 is 0 Å². The van der Waals surface area contributed by atoms with Crippen LogP contribution in [0.15, 0.2) is 76.5 Å². The van der Waals surface area contributed by atoms with Crippen LogP contribution in [0.2, 0.25) is 0 Å². The summed E-state index contributed by atoms with van der Waals surface area (Å²) in [5, 5.41) is 2.81. The molecule has 0 bridgehead atoms. The van der Waals surface area contributed by atoms with Crippen LogP contribution in [0.1, 0.15) is 24.0 Å². The Balaban J connectivity index is 1.61. The average Bonchev–Trinajstić information content (AvgIpc) is 3.30. The third-order valence-corrected chi connectivity index (χ3v) is 8.65. The molecule has 0 atom stereocenters. The zero-order chi connectivity index (χ0) is 25.9. The first kappa shape index (κ1) is 25.8. The van der Waals surface area contributed by atoms with Gasteiger partial charge in [-0.15, -0.1) is 11.8 Å². The SMILES string of the molecule is CSc1ccc(S(=O)(=O)N(CC(=O)Nc2ccc(C)c(N3CCCC3=O)c2)c2ccc(C)cc2)cc1. The van der Waals surface area contributed by atoms with Crippen molar-refractivity contribution in [2.45, 2.75) is 36.5 Å². The molecule has 0 unspecified atom stereocenters. The van der Waals surface area contributed by atoms with Crippen molar-refractivity contribution in [1.29, 1.82) is 0 Å². The van der Waals surface area contributed by atoms with Crippen molar-refractivity contribution < 1.29 is 18.0 Å². The maximum atomic E-state index is 13.6. The summed E-state index contributed by atoms with van der Waals surface area (Å²) in [5.41, 5.74) is 3.57. The van der Waals surface area contributed by atoms with Gasteiger partial charge in [-0.3, -0.25) is 13.9 Å². The predicted molar refractivity (Wildman–Crippen MR) is 145 cm³/mol. The summed E-state index contributed by atoms with van der Waals surface area (Å²) in [6.45, 7) is 4.07. The maximum Gasteiger partial charge on any atom is 0.264 e. The molecule has 36 heavy (non-hydrogen) atoms. The van der Waals surface area contributed by atoms with E-state index in [1.807, 2.05) is 38.3 Å². The highest BCUT2D eigenvalue weighted by Crippen LogP contribution is 2.29. The van der Waals surface area contributed by atoms with E-state index in [0.29, 0.717) is 24.3 Å². The summed E-state index contributed by atoms with van der Waals surface area (Å²) in [6, 6.07) is 19.0. The Morgan fingerprint density at radius 3 is 2.33 bits per heavy atom. The summed E-state index contributed by atoms with van der Waals surface area (Å²) in [5.74, 6) is -0.423. The molecule has 1 aliphatic rings. The van der Waals surface area contributed by atoms with Crippen LogP contribution in [-0.4, -0.2) is 39.6 Å². The summed E-state index contributed by atoms with van der Waals surface area (Å²) in [7, 11) is -4.00. The standard InChI is InChI=1S/C27H29N3O4S2/c1-19-6-10-22(11-7-19)30(36(33,34)24-14-12-23(35-3)13-15-24)18-26(31)28-21-9-8-20(2)25(17-21)29-16-4-5-27(29)32/h6-15,17H,4-5,16,18H2,1-3H3,(H,28,31). The summed E-state index contributed by atoms with van der Waals surface area (Å²) < 4.78 is 28.3. The highest BCUT2D eigenvalue weighted by molar-refractivity contribution is 7.98. The molecule has 3 aromatic rings. The number of carbonyl (C=O) groups is 2. The molecule has 1 heterocycles. The molecular formula is C27H29N3O4S2. The number of sulfonamides is 1. The Morgan fingerprint density at radius 2 is 1.72 bits per heavy atom. The van der Waals surface area contributed by atoms with E-state index in [1.165, 1.54) is 11.8 Å². The zero-order valence-corrected chi connectivity index (χ0v) is 22.2. The van der Waals surface area contributed by atoms with E-state index in [1.54, 1.807) is 53.4 Å². The van der Waals surface area contributed by atoms with E-state index in [9.17, 15) is 18.0 Å². The van der Waals surface area contributed by atoms with Gasteiger partial charge in [0.25, 0.3) is 10.0 Å². The fraction of sp³-hybridized carbons (Fsp3) is 0.259. The number of carbonyl (C=O) groups excluding carboxylic acids is 2. The summed E-state index contributed by atoms with van der Waals surface area (Å²) in [6.07, 6.45) is 3.23. The number of anilines is 3. The number of benzene rings is 3. The minimum absolute atomic E-state index is 0.0608. The van der Waals surface area contributed by atoms with Crippen molar-refractivity contribution in [1.82, 2.24) is 0 Å². The molecule has 1 N–H and O–H groups in total. The molecule has 9 heteroatoms. The van der Waals surface area contributed by atoms with Crippen LogP contribution >= 0.6 is 11.8 Å². The van der Waals surface area contributed by atoms with Crippen molar-refractivity contribution in [2.75, 3.05) is 33.9 Å². The molecule has 0 radical (unpaired) electrons. The largest absolute Gasteiger partial charge is 0.324 e. The minimum Gasteiger partial charge on any atom is -0.324 e. The molecule has 1 saturated heterocycles. The number of thioether (sulfide) groups is 1. The Bertz CT molecular complexity index is 1370. The second kappa shape index (κ2) is 10.8. The third kappa shape index (κ3) is 5.57. The van der Waals surface area contributed by atoms with Crippen molar-refractivity contribution in [3.63, 3.8) is 0 Å². The van der Waals surface area contributed by atoms with E-state index in [-0.39, 0.29) is 10.8 Å². The van der Waals surface area contributed by atoms with Gasteiger partial charge in [0, 0.05) is 29.2 Å². The second-order valence-corrected chi connectivity index (χ2v) is 11.5. The minimum atomic E-state index is -4.00. The van der Waals surface area contributed by atoms with Gasteiger partial charge < -0.3 is 10.2 Å². The maximum absolute atomic E-state index is 13.6. The normalized spacial score (nSPS) is 13.6. The van der Waals surface area contributed by atoms with Gasteiger partial charge in [0.2, 0.25) is 11.8 Å². The predicted octanol–water partition coefficient (Wildman–Crippen LogP) is 4.99. The van der Waals surface area contributed by atoms with E-state index in [2.05, 4.69) is 5.32 Å². The Hall–Kier alpha value is -3.30. The number of nitrogens with one attached hydrogen (secondary N) is 1. The van der Waals surface area contributed by atoms with Gasteiger partial charge in [-0.05, 0) is 80.6 Å². The lowest BCUT2D eigenvalue weighted by Gasteiger charge is -2.25. The number of nitrogens with zero attached hydrogens (tertiary/aromatic N) is 2. The number of hydrogen-bond donors (Lipinski definition) is 1. The molecular weight excluding hydrogens is 494 g/mol. The van der Waals surface area contributed by atoms with Gasteiger partial charge in [0.15, 0.2) is 0 Å². The molecule has 0 saturated carbocycles. The first-order valence-corrected chi connectivity index (χ1v) is 14.3. The van der Waals surface area contributed by atoms with E-state index in [0.717, 1.165) is 32.4 Å². The fourth-order valence-corrected chi connectivity index (χ4v) is 5.94. The smallest absolute Gasteiger partial charge is 0.264 e. The molecule has 188 valence electrons. The van der Waals surface area contributed by atoms with Crippen LogP contribution in [0.3, 0.4) is 0 Å². The Labute approximate surface area is 216 Å². The van der Waals surface area contributed by atoms with Gasteiger partial charge in [0.05, 0.1) is 10.6 Å². The highest BCUT2D eigenvalue weighted by atomic mass is 32.2. The highest BCUT2D eigenvalue weighted by Gasteiger charge is 2.28. The molecule has 1 aliphatic heterocycles. The van der Waals surface area contributed by atoms with E-state index >= 15 is 0 Å².